The third-order valence-corrected chi connectivity index (χ3v) is 10.2. The predicted octanol–water partition coefficient (Wildman–Crippen LogP) is 10.1. The van der Waals surface area contributed by atoms with Crippen LogP contribution in [0.3, 0.4) is 0 Å². The molecule has 10 heteroatoms. The standard InChI is InChI=1S/C45H84NO9/c1-6-8-10-11-22-28-34-46(5,35-38-53-41(4)48)39-45(51)55-43(32-25-9-7-2)42(49)31-26-20-16-12-13-17-21-27-33-44(50)54-37-30-24-19-15-14-18-23-29-36-52-40(3)47/h20,26,42-43,49H,6-19,21-25,27-39H2,1-5H3/q+1/b26-20-. The van der Waals surface area contributed by atoms with E-state index in [1.165, 1.54) is 58.8 Å². The molecular weight excluding hydrogens is 698 g/mol. The van der Waals surface area contributed by atoms with Gasteiger partial charge in [-0.1, -0.05) is 122 Å². The van der Waals surface area contributed by atoms with Gasteiger partial charge in [0.2, 0.25) is 0 Å². The predicted molar refractivity (Wildman–Crippen MR) is 221 cm³/mol. The zero-order valence-electron chi connectivity index (χ0n) is 36.1. The molecule has 10 nitrogen and oxygen atoms in total. The Hall–Kier alpha value is -2.46. The number of nitrogens with zero attached hydrogens (tertiary/aromatic N) is 1. The van der Waals surface area contributed by atoms with Gasteiger partial charge in [-0.25, -0.2) is 4.79 Å². The minimum atomic E-state index is -0.753. The highest BCUT2D eigenvalue weighted by Crippen LogP contribution is 2.17. The summed E-state index contributed by atoms with van der Waals surface area (Å²) in [4.78, 5) is 47.5. The van der Waals surface area contributed by atoms with Gasteiger partial charge in [0.15, 0.2) is 6.54 Å². The van der Waals surface area contributed by atoms with Crippen LogP contribution in [0.1, 0.15) is 195 Å². The first kappa shape index (κ1) is 52.5. The van der Waals surface area contributed by atoms with E-state index in [-0.39, 0.29) is 37.0 Å². The fraction of sp³-hybridized carbons (Fsp3) is 0.867. The molecule has 1 N–H and O–H groups in total. The number of hydrogen-bond acceptors (Lipinski definition) is 9. The van der Waals surface area contributed by atoms with Gasteiger partial charge in [0, 0.05) is 20.3 Å². The number of rotatable bonds is 39. The van der Waals surface area contributed by atoms with Crippen molar-refractivity contribution in [1.29, 1.82) is 0 Å². The molecule has 0 aromatic heterocycles. The topological polar surface area (TPSA) is 125 Å². The van der Waals surface area contributed by atoms with E-state index >= 15 is 0 Å². The maximum absolute atomic E-state index is 13.3. The lowest BCUT2D eigenvalue weighted by atomic mass is 10.0. The molecule has 0 saturated heterocycles. The third-order valence-electron chi connectivity index (χ3n) is 10.2. The van der Waals surface area contributed by atoms with Gasteiger partial charge in [0.1, 0.15) is 19.3 Å². The third kappa shape index (κ3) is 35.7. The molecule has 0 heterocycles. The Balaban J connectivity index is 4.31. The number of unbranched alkanes of at least 4 members (excludes halogenated alkanes) is 19. The molecule has 55 heavy (non-hydrogen) atoms. The molecule has 0 aliphatic heterocycles. The van der Waals surface area contributed by atoms with E-state index in [4.69, 9.17) is 18.9 Å². The number of quaternary nitrogens is 1. The summed E-state index contributed by atoms with van der Waals surface area (Å²) in [5.41, 5.74) is 0. The number of aliphatic hydroxyl groups is 1. The number of hydrogen-bond donors (Lipinski definition) is 1. The molecule has 322 valence electrons. The van der Waals surface area contributed by atoms with Crippen molar-refractivity contribution >= 4 is 23.9 Å². The lowest BCUT2D eigenvalue weighted by Gasteiger charge is -2.34. The van der Waals surface area contributed by atoms with Gasteiger partial charge in [0.25, 0.3) is 0 Å². The number of ether oxygens (including phenoxy) is 4. The van der Waals surface area contributed by atoms with E-state index in [1.807, 2.05) is 13.1 Å². The fourth-order valence-electron chi connectivity index (χ4n) is 6.70. The first-order valence-electron chi connectivity index (χ1n) is 22.3. The summed E-state index contributed by atoms with van der Waals surface area (Å²) in [7, 11) is 2.03. The smallest absolute Gasteiger partial charge is 0.362 e. The number of esters is 4. The van der Waals surface area contributed by atoms with E-state index in [0.29, 0.717) is 43.5 Å². The van der Waals surface area contributed by atoms with Gasteiger partial charge in [0.05, 0.1) is 32.9 Å². The number of likely N-dealkylation sites (N-methyl/N-ethyl adjacent to an activating group) is 1. The molecule has 3 atom stereocenters. The quantitative estimate of drug-likeness (QED) is 0.0213. The summed E-state index contributed by atoms with van der Waals surface area (Å²) in [6.07, 6.45) is 29.2. The molecule has 0 aliphatic carbocycles. The Morgan fingerprint density at radius 2 is 1.07 bits per heavy atom. The zero-order valence-corrected chi connectivity index (χ0v) is 36.1. The first-order chi connectivity index (χ1) is 26.5. The molecule has 0 fully saturated rings. The summed E-state index contributed by atoms with van der Waals surface area (Å²) in [5.74, 6) is -0.920. The summed E-state index contributed by atoms with van der Waals surface area (Å²) in [6, 6.07) is 0. The minimum absolute atomic E-state index is 0.0894. The molecule has 0 aliphatic rings. The van der Waals surface area contributed by atoms with Crippen molar-refractivity contribution in [2.24, 2.45) is 0 Å². The fourth-order valence-corrected chi connectivity index (χ4v) is 6.70. The maximum atomic E-state index is 13.3. The van der Waals surface area contributed by atoms with Crippen LogP contribution in [-0.4, -0.2) is 92.2 Å². The summed E-state index contributed by atoms with van der Waals surface area (Å²) >= 11 is 0. The van der Waals surface area contributed by atoms with E-state index in [0.717, 1.165) is 109 Å². The molecule has 0 amide bonds. The maximum Gasteiger partial charge on any atom is 0.362 e. The van der Waals surface area contributed by atoms with Gasteiger partial charge in [-0.05, 0) is 64.2 Å². The van der Waals surface area contributed by atoms with E-state index in [9.17, 15) is 24.3 Å². The van der Waals surface area contributed by atoms with Crippen molar-refractivity contribution in [1.82, 2.24) is 0 Å². The second-order valence-electron chi connectivity index (χ2n) is 15.8. The summed E-state index contributed by atoms with van der Waals surface area (Å²) in [6.45, 7) is 10.0. The SMILES string of the molecule is CCCCCCCC[N+](C)(CCOC(C)=O)CC(=O)OC(CCCCC)C(O)C/C=C\CCCCCCCC(=O)OCCCCCCCCCCOC(C)=O. The van der Waals surface area contributed by atoms with Crippen molar-refractivity contribution in [2.45, 2.75) is 207 Å². The number of aliphatic hydroxyl groups excluding tert-OH is 1. The molecule has 0 radical (unpaired) electrons. The van der Waals surface area contributed by atoms with Crippen molar-refractivity contribution in [3.63, 3.8) is 0 Å². The van der Waals surface area contributed by atoms with Crippen LogP contribution in [0.4, 0.5) is 0 Å². The van der Waals surface area contributed by atoms with Crippen LogP contribution in [0.15, 0.2) is 12.2 Å². The Kier molecular flexibility index (Phi) is 35.5. The van der Waals surface area contributed by atoms with E-state index in [2.05, 4.69) is 19.9 Å². The van der Waals surface area contributed by atoms with Crippen molar-refractivity contribution in [3.8, 4) is 0 Å². The Morgan fingerprint density at radius 3 is 1.69 bits per heavy atom. The lowest BCUT2D eigenvalue weighted by Crippen LogP contribution is -2.51. The van der Waals surface area contributed by atoms with Gasteiger partial charge in [-0.2, -0.15) is 0 Å². The largest absolute Gasteiger partial charge is 0.466 e. The van der Waals surface area contributed by atoms with Crippen LogP contribution in [0, 0.1) is 0 Å². The average molecular weight is 783 g/mol. The van der Waals surface area contributed by atoms with Gasteiger partial charge in [-0.15, -0.1) is 0 Å². The van der Waals surface area contributed by atoms with E-state index in [1.54, 1.807) is 0 Å². The number of allylic oxidation sites excluding steroid dienone is 1. The molecule has 0 spiro atoms. The van der Waals surface area contributed by atoms with Crippen LogP contribution in [0.5, 0.6) is 0 Å². The lowest BCUT2D eigenvalue weighted by molar-refractivity contribution is -0.903. The molecule has 0 saturated carbocycles. The van der Waals surface area contributed by atoms with Crippen LogP contribution >= 0.6 is 0 Å². The molecule has 0 aromatic carbocycles. The van der Waals surface area contributed by atoms with E-state index < -0.39 is 12.2 Å². The Labute approximate surface area is 336 Å². The molecule has 0 aromatic rings. The highest BCUT2D eigenvalue weighted by atomic mass is 16.6. The normalized spacial score (nSPS) is 13.6. The summed E-state index contributed by atoms with van der Waals surface area (Å²) < 4.78 is 22.0. The zero-order chi connectivity index (χ0) is 40.8. The highest BCUT2D eigenvalue weighted by Gasteiger charge is 2.30. The van der Waals surface area contributed by atoms with Gasteiger partial charge < -0.3 is 28.5 Å². The van der Waals surface area contributed by atoms with Crippen LogP contribution in [0.25, 0.3) is 0 Å². The van der Waals surface area contributed by atoms with Crippen molar-refractivity contribution in [2.75, 3.05) is 46.5 Å². The van der Waals surface area contributed by atoms with Crippen LogP contribution < -0.4 is 0 Å². The van der Waals surface area contributed by atoms with Crippen molar-refractivity contribution in [3.05, 3.63) is 12.2 Å². The second kappa shape index (κ2) is 37.1. The Morgan fingerprint density at radius 1 is 0.564 bits per heavy atom. The molecule has 0 bridgehead atoms. The highest BCUT2D eigenvalue weighted by molar-refractivity contribution is 5.71. The number of carbonyl (C=O) groups excluding carboxylic acids is 4. The molecule has 0 rings (SSSR count). The van der Waals surface area contributed by atoms with Crippen molar-refractivity contribution < 1.29 is 47.7 Å². The average Bonchev–Trinajstić information content (AvgIpc) is 3.13. The monoisotopic (exact) mass is 783 g/mol. The van der Waals surface area contributed by atoms with Crippen LogP contribution in [-0.2, 0) is 38.1 Å². The summed E-state index contributed by atoms with van der Waals surface area (Å²) in [5, 5.41) is 11.1. The number of carbonyl (C=O) groups is 4. The molecule has 3 unspecified atom stereocenters. The molecular formula is C45H84NO9+. The Bertz CT molecular complexity index is 987. The van der Waals surface area contributed by atoms with Gasteiger partial charge in [-0.3, -0.25) is 14.4 Å². The second-order valence-corrected chi connectivity index (χ2v) is 15.8. The van der Waals surface area contributed by atoms with Gasteiger partial charge >= 0.3 is 23.9 Å². The first-order valence-corrected chi connectivity index (χ1v) is 22.3. The minimum Gasteiger partial charge on any atom is -0.466 e. The van der Waals surface area contributed by atoms with Crippen LogP contribution in [0.2, 0.25) is 0 Å².